The summed E-state index contributed by atoms with van der Waals surface area (Å²) in [5.74, 6) is 1.05. The van der Waals surface area contributed by atoms with Crippen LogP contribution in [-0.4, -0.2) is 24.9 Å². The summed E-state index contributed by atoms with van der Waals surface area (Å²) in [6.07, 6.45) is 5.79. The van der Waals surface area contributed by atoms with Gasteiger partial charge in [0.1, 0.15) is 0 Å². The van der Waals surface area contributed by atoms with Gasteiger partial charge in [0.15, 0.2) is 11.5 Å². The highest BCUT2D eigenvalue weighted by molar-refractivity contribution is 5.92. The van der Waals surface area contributed by atoms with E-state index >= 15 is 0 Å². The van der Waals surface area contributed by atoms with Crippen molar-refractivity contribution in [3.63, 3.8) is 0 Å². The van der Waals surface area contributed by atoms with Crippen molar-refractivity contribution >= 4 is 23.4 Å². The monoisotopic (exact) mass is 424 g/mol. The van der Waals surface area contributed by atoms with E-state index in [1.54, 1.807) is 0 Å². The molecule has 1 aliphatic rings. The third-order valence-corrected chi connectivity index (χ3v) is 5.72. The van der Waals surface area contributed by atoms with Crippen LogP contribution in [0.15, 0.2) is 47.1 Å². The van der Waals surface area contributed by atoms with E-state index in [0.717, 1.165) is 53.5 Å². The highest BCUT2D eigenvalue weighted by Crippen LogP contribution is 2.37. The van der Waals surface area contributed by atoms with Crippen LogP contribution in [0.1, 0.15) is 51.4 Å². The van der Waals surface area contributed by atoms with Crippen LogP contribution < -0.4 is 5.73 Å². The maximum atomic E-state index is 6.54. The van der Waals surface area contributed by atoms with Crippen LogP contribution in [0.4, 0.5) is 0 Å². The Morgan fingerprint density at radius 2 is 1.83 bits per heavy atom. The van der Waals surface area contributed by atoms with Crippen molar-refractivity contribution in [2.24, 2.45) is 5.73 Å². The lowest BCUT2D eigenvalue weighted by atomic mass is 9.98. The lowest BCUT2D eigenvalue weighted by Crippen LogP contribution is -2.34. The van der Waals surface area contributed by atoms with Crippen LogP contribution in [0.25, 0.3) is 33.7 Å². The minimum atomic E-state index is -0.488. The van der Waals surface area contributed by atoms with E-state index in [1.165, 1.54) is 0 Å². The Morgan fingerprint density at radius 3 is 2.53 bits per heavy atom. The Hall–Kier alpha value is -2.77. The van der Waals surface area contributed by atoms with Crippen LogP contribution in [0.5, 0.6) is 0 Å². The molecule has 1 saturated carbocycles. The van der Waals surface area contributed by atoms with Gasteiger partial charge in [-0.1, -0.05) is 48.3 Å². The number of hydrogen-bond donors (Lipinski definition) is 1. The third kappa shape index (κ3) is 3.38. The van der Waals surface area contributed by atoms with Gasteiger partial charge in [-0.3, -0.25) is 0 Å². The third-order valence-electron chi connectivity index (χ3n) is 5.72. The van der Waals surface area contributed by atoms with Gasteiger partial charge in [-0.2, -0.15) is 10.1 Å². The van der Waals surface area contributed by atoms with E-state index in [1.807, 2.05) is 47.3 Å². The zero-order chi connectivity index (χ0) is 20.0. The second-order valence-electron chi connectivity index (χ2n) is 8.13. The summed E-state index contributed by atoms with van der Waals surface area (Å²) >= 11 is 0. The molecule has 0 unspecified atom stereocenters. The fourth-order valence-electron chi connectivity index (χ4n) is 4.09. The molecule has 0 amide bonds. The smallest absolute Gasteiger partial charge is 0.258 e. The Balaban J connectivity index is 0.00000218. The number of fused-ring (bicyclic) bond motifs is 1. The highest BCUT2D eigenvalue weighted by Gasteiger charge is 2.36. The first-order valence-corrected chi connectivity index (χ1v) is 10.1. The van der Waals surface area contributed by atoms with Crippen LogP contribution in [0.3, 0.4) is 0 Å². The second-order valence-corrected chi connectivity index (χ2v) is 8.13. The molecule has 2 N–H and O–H groups in total. The fourth-order valence-corrected chi connectivity index (χ4v) is 4.09. The van der Waals surface area contributed by atoms with Gasteiger partial charge < -0.3 is 10.3 Å². The summed E-state index contributed by atoms with van der Waals surface area (Å²) in [5, 5.41) is 9.69. The molecule has 1 fully saturated rings. The molecule has 30 heavy (non-hydrogen) atoms. The van der Waals surface area contributed by atoms with E-state index in [0.29, 0.717) is 11.7 Å². The predicted octanol–water partition coefficient (Wildman–Crippen LogP) is 4.88. The molecule has 3 heterocycles. The van der Waals surface area contributed by atoms with Crippen molar-refractivity contribution in [3.05, 3.63) is 48.4 Å². The van der Waals surface area contributed by atoms with Crippen molar-refractivity contribution in [2.45, 2.75) is 51.1 Å². The van der Waals surface area contributed by atoms with Crippen molar-refractivity contribution in [1.29, 1.82) is 0 Å². The van der Waals surface area contributed by atoms with Crippen LogP contribution in [0.2, 0.25) is 0 Å². The SMILES string of the molecule is CC(C)n1ncc2c(-c3nc(C4(N)CCCC4)no3)cc(-c3ccccc3)nc21.Cl. The maximum absolute atomic E-state index is 6.54. The zero-order valence-corrected chi connectivity index (χ0v) is 17.9. The van der Waals surface area contributed by atoms with Gasteiger partial charge in [0, 0.05) is 11.6 Å². The summed E-state index contributed by atoms with van der Waals surface area (Å²) in [6.45, 7) is 4.18. The number of pyridine rings is 1. The molecule has 1 aliphatic carbocycles. The average molecular weight is 425 g/mol. The fraction of sp³-hybridized carbons (Fsp3) is 0.364. The number of nitrogens with two attached hydrogens (primary N) is 1. The quantitative estimate of drug-likeness (QED) is 0.501. The number of halogens is 1. The van der Waals surface area contributed by atoms with Gasteiger partial charge in [-0.05, 0) is 32.8 Å². The van der Waals surface area contributed by atoms with Crippen molar-refractivity contribution in [3.8, 4) is 22.7 Å². The summed E-state index contributed by atoms with van der Waals surface area (Å²) in [7, 11) is 0. The molecule has 3 aromatic heterocycles. The molecule has 7 nitrogen and oxygen atoms in total. The van der Waals surface area contributed by atoms with Gasteiger partial charge in [0.2, 0.25) is 0 Å². The first-order valence-electron chi connectivity index (χ1n) is 10.1. The van der Waals surface area contributed by atoms with Crippen molar-refractivity contribution < 1.29 is 4.52 Å². The van der Waals surface area contributed by atoms with Crippen molar-refractivity contribution in [1.82, 2.24) is 24.9 Å². The topological polar surface area (TPSA) is 95.7 Å². The summed E-state index contributed by atoms with van der Waals surface area (Å²) < 4.78 is 7.61. The lowest BCUT2D eigenvalue weighted by molar-refractivity contribution is 0.373. The maximum Gasteiger partial charge on any atom is 0.258 e. The largest absolute Gasteiger partial charge is 0.334 e. The van der Waals surface area contributed by atoms with Gasteiger partial charge in [0.25, 0.3) is 5.89 Å². The normalized spacial score (nSPS) is 15.6. The molecular weight excluding hydrogens is 400 g/mol. The molecule has 156 valence electrons. The standard InChI is InChI=1S/C22H24N6O.ClH/c1-14(2)28-19-17(13-24-28)16(12-18(25-19)15-8-4-3-5-9-15)20-26-21(27-29-20)22(23)10-6-7-11-22;/h3-5,8-9,12-14H,6-7,10-11,23H2,1-2H3;1H. The Bertz CT molecular complexity index is 1160. The lowest BCUT2D eigenvalue weighted by Gasteiger charge is -2.17. The van der Waals surface area contributed by atoms with E-state index < -0.39 is 5.54 Å². The minimum absolute atomic E-state index is 0. The molecule has 0 bridgehead atoms. The average Bonchev–Trinajstić information content (AvgIpc) is 3.47. The molecule has 0 atom stereocenters. The Kier molecular flexibility index (Phi) is 5.34. The van der Waals surface area contributed by atoms with E-state index in [-0.39, 0.29) is 18.4 Å². The predicted molar refractivity (Wildman–Crippen MR) is 118 cm³/mol. The zero-order valence-electron chi connectivity index (χ0n) is 17.1. The Morgan fingerprint density at radius 1 is 1.10 bits per heavy atom. The minimum Gasteiger partial charge on any atom is -0.334 e. The second kappa shape index (κ2) is 7.81. The molecular formula is C22H25ClN6O. The van der Waals surface area contributed by atoms with Crippen molar-refractivity contribution in [2.75, 3.05) is 0 Å². The summed E-state index contributed by atoms with van der Waals surface area (Å²) in [5.41, 5.74) is 9.56. The summed E-state index contributed by atoms with van der Waals surface area (Å²) in [4.78, 5) is 9.60. The van der Waals surface area contributed by atoms with Crippen LogP contribution >= 0.6 is 12.4 Å². The Labute approximate surface area is 181 Å². The van der Waals surface area contributed by atoms with Crippen LogP contribution in [0, 0.1) is 0 Å². The van der Waals surface area contributed by atoms with Gasteiger partial charge in [0.05, 0.1) is 28.4 Å². The molecule has 1 aromatic carbocycles. The molecule has 0 radical (unpaired) electrons. The molecule has 0 saturated heterocycles. The summed E-state index contributed by atoms with van der Waals surface area (Å²) in [6, 6.07) is 12.3. The highest BCUT2D eigenvalue weighted by atomic mass is 35.5. The number of nitrogens with zero attached hydrogens (tertiary/aromatic N) is 5. The van der Waals surface area contributed by atoms with Gasteiger partial charge in [-0.15, -0.1) is 12.4 Å². The first-order chi connectivity index (χ1) is 14.0. The molecule has 4 aromatic rings. The number of benzene rings is 1. The molecule has 8 heteroatoms. The van der Waals surface area contributed by atoms with E-state index in [9.17, 15) is 0 Å². The van der Waals surface area contributed by atoms with Gasteiger partial charge >= 0.3 is 0 Å². The van der Waals surface area contributed by atoms with E-state index in [4.69, 9.17) is 20.2 Å². The van der Waals surface area contributed by atoms with E-state index in [2.05, 4.69) is 24.1 Å². The number of aromatic nitrogens is 5. The van der Waals surface area contributed by atoms with Crippen LogP contribution in [-0.2, 0) is 5.54 Å². The molecule has 0 spiro atoms. The molecule has 0 aliphatic heterocycles. The first kappa shape index (κ1) is 20.5. The number of rotatable bonds is 4. The molecule has 5 rings (SSSR count). The van der Waals surface area contributed by atoms with Gasteiger partial charge in [-0.25, -0.2) is 9.67 Å². The number of hydrogen-bond acceptors (Lipinski definition) is 6.